The quantitative estimate of drug-likeness (QED) is 0.704. The zero-order valence-electron chi connectivity index (χ0n) is 12.6. The Balaban J connectivity index is 1.84. The van der Waals surface area contributed by atoms with E-state index in [1.165, 1.54) is 11.8 Å². The van der Waals surface area contributed by atoms with Crippen molar-refractivity contribution in [2.24, 2.45) is 0 Å². The molecule has 2 aromatic carbocycles. The smallest absolute Gasteiger partial charge is 0.242 e. The second kappa shape index (κ2) is 7.11. The van der Waals surface area contributed by atoms with Crippen LogP contribution in [0.15, 0.2) is 65.8 Å². The lowest BCUT2D eigenvalue weighted by atomic mass is 10.1. The number of hydrogen-bond donors (Lipinski definition) is 2. The zero-order valence-corrected chi connectivity index (χ0v) is 13.4. The first kappa shape index (κ1) is 15.3. The van der Waals surface area contributed by atoms with E-state index < -0.39 is 5.25 Å². The molecule has 0 saturated heterocycles. The summed E-state index contributed by atoms with van der Waals surface area (Å²) in [7, 11) is 0. The van der Waals surface area contributed by atoms with Gasteiger partial charge in [-0.3, -0.25) is 9.89 Å². The van der Waals surface area contributed by atoms with Crippen LogP contribution in [0.2, 0.25) is 0 Å². The van der Waals surface area contributed by atoms with Crippen molar-refractivity contribution >= 4 is 23.4 Å². The summed E-state index contributed by atoms with van der Waals surface area (Å²) < 4.78 is 0. The largest absolute Gasteiger partial charge is 0.325 e. The highest BCUT2D eigenvalue weighted by Gasteiger charge is 2.23. The van der Waals surface area contributed by atoms with Gasteiger partial charge in [-0.1, -0.05) is 60.3 Å². The van der Waals surface area contributed by atoms with E-state index in [1.54, 1.807) is 0 Å². The Labute approximate surface area is 138 Å². The van der Waals surface area contributed by atoms with Gasteiger partial charge in [-0.15, -0.1) is 5.10 Å². The van der Waals surface area contributed by atoms with E-state index in [0.29, 0.717) is 5.16 Å². The monoisotopic (exact) mass is 324 g/mol. The number of para-hydroxylation sites is 1. The lowest BCUT2D eigenvalue weighted by Crippen LogP contribution is -2.19. The predicted molar refractivity (Wildman–Crippen MR) is 91.2 cm³/mol. The predicted octanol–water partition coefficient (Wildman–Crippen LogP) is 3.59. The standard InChI is InChI=1S/C17H16N4OS/c1-12-18-17(21-20-12)23-15(13-8-4-2-5-9-13)16(22)19-14-10-6-3-7-11-14/h2-11,15H,1H3,(H,19,22)(H,18,20,21). The molecule has 2 N–H and O–H groups in total. The van der Waals surface area contributed by atoms with Gasteiger partial charge in [-0.2, -0.15) is 0 Å². The van der Waals surface area contributed by atoms with Gasteiger partial charge in [0.25, 0.3) is 0 Å². The van der Waals surface area contributed by atoms with Crippen molar-refractivity contribution in [2.75, 3.05) is 5.32 Å². The minimum absolute atomic E-state index is 0.102. The number of nitrogens with zero attached hydrogens (tertiary/aromatic N) is 2. The molecule has 3 aromatic rings. The summed E-state index contributed by atoms with van der Waals surface area (Å²) in [6.45, 7) is 1.83. The first-order valence-electron chi connectivity index (χ1n) is 7.19. The minimum atomic E-state index is -0.424. The second-order valence-corrected chi connectivity index (χ2v) is 6.04. The van der Waals surface area contributed by atoms with Crippen LogP contribution >= 0.6 is 11.8 Å². The molecule has 116 valence electrons. The third-order valence-electron chi connectivity index (χ3n) is 3.18. The first-order chi connectivity index (χ1) is 11.2. The summed E-state index contributed by atoms with van der Waals surface area (Å²) in [6.07, 6.45) is 0. The maximum absolute atomic E-state index is 12.7. The molecule has 0 radical (unpaired) electrons. The van der Waals surface area contributed by atoms with Crippen molar-refractivity contribution in [2.45, 2.75) is 17.3 Å². The van der Waals surface area contributed by atoms with Gasteiger partial charge in [-0.05, 0) is 24.6 Å². The van der Waals surface area contributed by atoms with Gasteiger partial charge in [0.15, 0.2) is 0 Å². The lowest BCUT2D eigenvalue weighted by molar-refractivity contribution is -0.115. The molecular weight excluding hydrogens is 308 g/mol. The van der Waals surface area contributed by atoms with Crippen LogP contribution in [0.3, 0.4) is 0 Å². The summed E-state index contributed by atoms with van der Waals surface area (Å²) in [5.74, 6) is 0.623. The fraction of sp³-hybridized carbons (Fsp3) is 0.118. The average Bonchev–Trinajstić information content (AvgIpc) is 2.99. The number of nitrogens with one attached hydrogen (secondary N) is 2. The average molecular weight is 324 g/mol. The van der Waals surface area contributed by atoms with Crippen molar-refractivity contribution < 1.29 is 4.79 Å². The first-order valence-corrected chi connectivity index (χ1v) is 8.07. The van der Waals surface area contributed by atoms with Crippen LogP contribution in [0.1, 0.15) is 16.6 Å². The number of amides is 1. The number of carbonyl (C=O) groups is 1. The number of aromatic nitrogens is 3. The number of hydrogen-bond acceptors (Lipinski definition) is 4. The Morgan fingerprint density at radius 3 is 2.35 bits per heavy atom. The second-order valence-electron chi connectivity index (χ2n) is 4.97. The third kappa shape index (κ3) is 3.98. The summed E-state index contributed by atoms with van der Waals surface area (Å²) >= 11 is 1.32. The highest BCUT2D eigenvalue weighted by molar-refractivity contribution is 8.00. The molecule has 6 heteroatoms. The Morgan fingerprint density at radius 1 is 1.09 bits per heavy atom. The van der Waals surface area contributed by atoms with E-state index >= 15 is 0 Å². The number of anilines is 1. The van der Waals surface area contributed by atoms with Gasteiger partial charge in [0, 0.05) is 5.69 Å². The van der Waals surface area contributed by atoms with Gasteiger partial charge >= 0.3 is 0 Å². The van der Waals surface area contributed by atoms with Crippen molar-refractivity contribution in [3.05, 3.63) is 72.1 Å². The number of benzene rings is 2. The topological polar surface area (TPSA) is 70.7 Å². The Kier molecular flexibility index (Phi) is 4.73. The number of carbonyl (C=O) groups excluding carboxylic acids is 1. The molecule has 0 fully saturated rings. The summed E-state index contributed by atoms with van der Waals surface area (Å²) in [5, 5.41) is 9.99. The van der Waals surface area contributed by atoms with E-state index in [0.717, 1.165) is 17.1 Å². The molecule has 3 rings (SSSR count). The van der Waals surface area contributed by atoms with E-state index in [-0.39, 0.29) is 5.91 Å². The summed E-state index contributed by atoms with van der Waals surface area (Å²) in [4.78, 5) is 17.0. The molecule has 0 aliphatic rings. The molecule has 1 aromatic heterocycles. The van der Waals surface area contributed by atoms with Crippen LogP contribution < -0.4 is 5.32 Å². The normalized spacial score (nSPS) is 11.9. The molecule has 0 saturated carbocycles. The van der Waals surface area contributed by atoms with Crippen molar-refractivity contribution in [1.29, 1.82) is 0 Å². The van der Waals surface area contributed by atoms with Crippen molar-refractivity contribution in [3.63, 3.8) is 0 Å². The van der Waals surface area contributed by atoms with Gasteiger partial charge < -0.3 is 5.32 Å². The zero-order chi connectivity index (χ0) is 16.1. The Bertz CT molecular complexity index is 774. The molecule has 1 amide bonds. The fourth-order valence-corrected chi connectivity index (χ4v) is 3.07. The maximum Gasteiger partial charge on any atom is 0.242 e. The van der Waals surface area contributed by atoms with Gasteiger partial charge in [0.2, 0.25) is 11.1 Å². The molecule has 0 aliphatic carbocycles. The fourth-order valence-electron chi connectivity index (χ4n) is 2.11. The molecular formula is C17H16N4OS. The number of H-pyrrole nitrogens is 1. The third-order valence-corrected chi connectivity index (χ3v) is 4.30. The summed E-state index contributed by atoms with van der Waals surface area (Å²) in [6, 6.07) is 19.0. The van der Waals surface area contributed by atoms with Crippen LogP contribution in [0.25, 0.3) is 0 Å². The van der Waals surface area contributed by atoms with Crippen LogP contribution in [0.5, 0.6) is 0 Å². The highest BCUT2D eigenvalue weighted by atomic mass is 32.2. The van der Waals surface area contributed by atoms with Crippen molar-refractivity contribution in [3.8, 4) is 0 Å². The highest BCUT2D eigenvalue weighted by Crippen LogP contribution is 2.34. The summed E-state index contributed by atoms with van der Waals surface area (Å²) in [5.41, 5.74) is 1.68. The number of thioether (sulfide) groups is 1. The van der Waals surface area contributed by atoms with Crippen LogP contribution in [0, 0.1) is 6.92 Å². The minimum Gasteiger partial charge on any atom is -0.325 e. The van der Waals surface area contributed by atoms with E-state index in [1.807, 2.05) is 67.6 Å². The number of aryl methyl sites for hydroxylation is 1. The Hall–Kier alpha value is -2.60. The molecule has 23 heavy (non-hydrogen) atoms. The number of rotatable bonds is 5. The SMILES string of the molecule is Cc1nc(SC(C(=O)Nc2ccccc2)c2ccccc2)n[nH]1. The molecule has 0 bridgehead atoms. The van der Waals surface area contributed by atoms with E-state index in [2.05, 4.69) is 20.5 Å². The van der Waals surface area contributed by atoms with Gasteiger partial charge in [0.1, 0.15) is 11.1 Å². The molecule has 1 atom stereocenters. The molecule has 0 spiro atoms. The molecule has 0 aliphatic heterocycles. The number of aromatic amines is 1. The van der Waals surface area contributed by atoms with E-state index in [4.69, 9.17) is 0 Å². The Morgan fingerprint density at radius 2 is 1.74 bits per heavy atom. The molecule has 1 unspecified atom stereocenters. The van der Waals surface area contributed by atoms with Gasteiger partial charge in [-0.25, -0.2) is 4.98 Å². The van der Waals surface area contributed by atoms with Crippen molar-refractivity contribution in [1.82, 2.24) is 15.2 Å². The molecule has 1 heterocycles. The van der Waals surface area contributed by atoms with Gasteiger partial charge in [0.05, 0.1) is 0 Å². The maximum atomic E-state index is 12.7. The van der Waals surface area contributed by atoms with E-state index in [9.17, 15) is 4.79 Å². The van der Waals surface area contributed by atoms with Crippen LogP contribution in [-0.4, -0.2) is 21.1 Å². The van der Waals surface area contributed by atoms with Crippen LogP contribution in [-0.2, 0) is 4.79 Å². The molecule has 5 nitrogen and oxygen atoms in total. The van der Waals surface area contributed by atoms with Crippen LogP contribution in [0.4, 0.5) is 5.69 Å². The lowest BCUT2D eigenvalue weighted by Gasteiger charge is -2.15.